The number of hydrogen-bond acceptors (Lipinski definition) is 10. The fourth-order valence-electron chi connectivity index (χ4n) is 10.7. The second-order valence-electron chi connectivity index (χ2n) is 17.1. The van der Waals surface area contributed by atoms with Crippen LogP contribution in [0.25, 0.3) is 0 Å². The summed E-state index contributed by atoms with van der Waals surface area (Å²) in [5, 5.41) is 41.8. The van der Waals surface area contributed by atoms with Gasteiger partial charge in [0.05, 0.1) is 24.3 Å². The number of ketones is 1. The number of carbonyl (C=O) groups excluding carboxylic acids is 4. The molecule has 5 N–H and O–H groups in total. The monoisotopic (exact) mass is 744 g/mol. The van der Waals surface area contributed by atoms with E-state index in [-0.39, 0.29) is 43.3 Å². The zero-order valence-corrected chi connectivity index (χ0v) is 32.4. The Morgan fingerprint density at radius 3 is 2.35 bits per heavy atom. The molecule has 0 aromatic carbocycles. The number of carbonyl (C=O) groups is 4. The van der Waals surface area contributed by atoms with Crippen molar-refractivity contribution in [3.63, 3.8) is 0 Å². The van der Waals surface area contributed by atoms with E-state index in [1.807, 2.05) is 25.6 Å². The summed E-state index contributed by atoms with van der Waals surface area (Å²) in [6.07, 6.45) is 12.0. The Morgan fingerprint density at radius 2 is 1.63 bits per heavy atom. The highest BCUT2D eigenvalue weighted by atomic mass is 32.2. The van der Waals surface area contributed by atoms with Crippen LogP contribution in [0.15, 0.2) is 23.3 Å². The van der Waals surface area contributed by atoms with Crippen molar-refractivity contribution >= 4 is 35.5 Å². The van der Waals surface area contributed by atoms with Crippen LogP contribution in [-0.4, -0.2) is 91.7 Å². The summed E-state index contributed by atoms with van der Waals surface area (Å²) in [5.41, 5.74) is -4.90. The summed E-state index contributed by atoms with van der Waals surface area (Å²) in [5.74, 6) is -3.46. The molecule has 2 aliphatic heterocycles. The van der Waals surface area contributed by atoms with Crippen LogP contribution in [0.3, 0.4) is 0 Å². The van der Waals surface area contributed by atoms with Crippen LogP contribution in [0.5, 0.6) is 0 Å². The van der Waals surface area contributed by atoms with Gasteiger partial charge in [-0.3, -0.25) is 14.4 Å². The van der Waals surface area contributed by atoms with E-state index < -0.39 is 70.4 Å². The van der Waals surface area contributed by atoms with Crippen LogP contribution in [0.4, 0.5) is 4.79 Å². The van der Waals surface area contributed by atoms with Crippen LogP contribution in [0.2, 0.25) is 0 Å². The van der Waals surface area contributed by atoms with Crippen molar-refractivity contribution in [3.05, 3.63) is 23.3 Å². The van der Waals surface area contributed by atoms with Crippen molar-refractivity contribution < 1.29 is 44.0 Å². The molecule has 2 heterocycles. The maximum Gasteiger partial charge on any atom is 0.315 e. The first-order valence-electron chi connectivity index (χ1n) is 19.7. The third-order valence-electron chi connectivity index (χ3n) is 13.5. The van der Waals surface area contributed by atoms with Crippen molar-refractivity contribution in [3.8, 4) is 0 Å². The van der Waals surface area contributed by atoms with E-state index in [9.17, 15) is 34.5 Å². The molecule has 0 spiro atoms. The molecule has 52 heavy (non-hydrogen) atoms. The lowest BCUT2D eigenvalue weighted by atomic mass is 9.59. The van der Waals surface area contributed by atoms with Crippen LogP contribution in [0.1, 0.15) is 118 Å². The molecule has 3 unspecified atom stereocenters. The van der Waals surface area contributed by atoms with Gasteiger partial charge in [0, 0.05) is 59.4 Å². The van der Waals surface area contributed by atoms with Gasteiger partial charge in [-0.25, -0.2) is 4.79 Å². The van der Waals surface area contributed by atoms with Gasteiger partial charge in [0.15, 0.2) is 11.4 Å². The Kier molecular flexibility index (Phi) is 11.3. The number of unbranched alkanes of at least 4 members (excludes halogenated alkanes) is 7. The standard InChI is InChI=1S/C40H60N2O9S/c1-6-7-8-9-10-13-17-31(45)51-40-33(37(40,4)5)26-19-25(21-43)20-38(48)29(18-23(2)34(38)46)39(26,49)24(3)35(40)50-30(44)16-14-11-12-15-28-32-27(22-52-28)41-36(47)42-32/h18-19,24,26-29,32-33,35,43,48-49H,6-17,20-22H2,1-5H3,(H2,41,42,47)/t24-,26+,27?,28?,29-,32?,33-,35-,38-,39-,40-/m1/s1. The van der Waals surface area contributed by atoms with E-state index in [1.54, 1.807) is 26.0 Å². The highest BCUT2D eigenvalue weighted by Crippen LogP contribution is 2.77. The maximum atomic E-state index is 13.7. The number of thioether (sulfide) groups is 1. The van der Waals surface area contributed by atoms with Gasteiger partial charge in [-0.05, 0) is 37.3 Å². The number of Topliss-reactive ketones (excluding diaryl/α,β-unsaturated/α-hetero) is 1. The first-order valence-corrected chi connectivity index (χ1v) is 20.8. The lowest BCUT2D eigenvalue weighted by Gasteiger charge is -2.53. The molecule has 12 heteroatoms. The maximum absolute atomic E-state index is 13.7. The molecule has 2 saturated carbocycles. The average molecular weight is 745 g/mol. The van der Waals surface area contributed by atoms with Crippen molar-refractivity contribution in [1.82, 2.24) is 10.6 Å². The van der Waals surface area contributed by atoms with Crippen LogP contribution < -0.4 is 10.6 Å². The fraction of sp³-hybridized carbons (Fsp3) is 0.800. The molecule has 0 aromatic heterocycles. The minimum atomic E-state index is -1.96. The molecular weight excluding hydrogens is 685 g/mol. The zero-order valence-electron chi connectivity index (χ0n) is 31.6. The summed E-state index contributed by atoms with van der Waals surface area (Å²) in [4.78, 5) is 52.6. The van der Waals surface area contributed by atoms with Gasteiger partial charge in [0.2, 0.25) is 0 Å². The molecule has 6 aliphatic rings. The number of aliphatic hydroxyl groups is 3. The molecule has 4 aliphatic carbocycles. The summed E-state index contributed by atoms with van der Waals surface area (Å²) in [6.45, 7) is 9.09. The molecule has 11 atom stereocenters. The molecule has 6 rings (SSSR count). The smallest absolute Gasteiger partial charge is 0.315 e. The molecule has 2 amide bonds. The topological polar surface area (TPSA) is 171 Å². The lowest BCUT2D eigenvalue weighted by molar-refractivity contribution is -0.229. The number of nitrogens with one attached hydrogen (secondary N) is 2. The molecule has 2 saturated heterocycles. The molecule has 11 nitrogen and oxygen atoms in total. The van der Waals surface area contributed by atoms with E-state index in [1.165, 1.54) is 0 Å². The zero-order chi connectivity index (χ0) is 37.6. The third kappa shape index (κ3) is 6.55. The van der Waals surface area contributed by atoms with Gasteiger partial charge in [0.25, 0.3) is 0 Å². The minimum Gasteiger partial charge on any atom is -0.458 e. The fourth-order valence-corrected chi connectivity index (χ4v) is 12.3. The third-order valence-corrected chi connectivity index (χ3v) is 15.1. The quantitative estimate of drug-likeness (QED) is 0.0634. The predicted octanol–water partition coefficient (Wildman–Crippen LogP) is 4.90. The Bertz CT molecular complexity index is 1480. The second-order valence-corrected chi connectivity index (χ2v) is 18.3. The van der Waals surface area contributed by atoms with E-state index in [2.05, 4.69) is 17.6 Å². The molecule has 0 bridgehead atoms. The van der Waals surface area contributed by atoms with Crippen molar-refractivity contribution in [1.29, 1.82) is 0 Å². The van der Waals surface area contributed by atoms with Gasteiger partial charge >= 0.3 is 18.0 Å². The molecule has 0 aromatic rings. The van der Waals surface area contributed by atoms with Gasteiger partial charge in [0.1, 0.15) is 11.7 Å². The Hall–Kier alpha value is -2.41. The minimum absolute atomic E-state index is 0.105. The van der Waals surface area contributed by atoms with Crippen molar-refractivity contribution in [2.75, 3.05) is 12.4 Å². The van der Waals surface area contributed by atoms with Crippen molar-refractivity contribution in [2.24, 2.45) is 29.1 Å². The van der Waals surface area contributed by atoms with Crippen molar-refractivity contribution in [2.45, 2.75) is 158 Å². The van der Waals surface area contributed by atoms with Gasteiger partial charge in [-0.15, -0.1) is 0 Å². The largest absolute Gasteiger partial charge is 0.458 e. The normalized spacial score (nSPS) is 39.5. The van der Waals surface area contributed by atoms with Gasteiger partial charge < -0.3 is 35.4 Å². The predicted molar refractivity (Wildman–Crippen MR) is 197 cm³/mol. The van der Waals surface area contributed by atoms with Gasteiger partial charge in [-0.1, -0.05) is 84.8 Å². The highest BCUT2D eigenvalue weighted by Gasteiger charge is 2.88. The molecule has 290 valence electrons. The van der Waals surface area contributed by atoms with Crippen LogP contribution in [0, 0.1) is 29.1 Å². The SMILES string of the molecule is CCCCCCCCC(=O)O[C@@]12[C@H](OC(=O)CCCCCC3SCC4NC(=O)NC43)[C@@H](C)[C@@]3(O)[C@@H](C=C(CO)C[C@]4(O)C(=O)C(C)=C[C@@H]34)[C@@H]1C2(C)C. The van der Waals surface area contributed by atoms with E-state index in [0.717, 1.165) is 57.1 Å². The molecule has 0 radical (unpaired) electrons. The summed E-state index contributed by atoms with van der Waals surface area (Å²) >= 11 is 1.87. The number of hydrogen-bond donors (Lipinski definition) is 5. The first-order chi connectivity index (χ1) is 24.7. The number of esters is 2. The number of fused-ring (bicyclic) bond motifs is 6. The number of urea groups is 1. The number of rotatable bonds is 16. The number of ether oxygens (including phenoxy) is 2. The van der Waals surface area contributed by atoms with Gasteiger partial charge in [-0.2, -0.15) is 11.8 Å². The second kappa shape index (κ2) is 15.0. The van der Waals surface area contributed by atoms with Crippen LogP contribution >= 0.6 is 11.8 Å². The van der Waals surface area contributed by atoms with E-state index in [0.29, 0.717) is 29.2 Å². The number of aliphatic hydroxyl groups excluding tert-OH is 1. The van der Waals surface area contributed by atoms with Crippen LogP contribution in [-0.2, 0) is 23.9 Å². The lowest BCUT2D eigenvalue weighted by Crippen LogP contribution is -2.66. The highest BCUT2D eigenvalue weighted by molar-refractivity contribution is 8.00. The molecule has 4 fully saturated rings. The first kappa shape index (κ1) is 39.3. The Balaban J connectivity index is 1.21. The summed E-state index contributed by atoms with van der Waals surface area (Å²) < 4.78 is 12.9. The summed E-state index contributed by atoms with van der Waals surface area (Å²) in [6, 6.07) is 0.203. The van der Waals surface area contributed by atoms with E-state index >= 15 is 0 Å². The summed E-state index contributed by atoms with van der Waals surface area (Å²) in [7, 11) is 0. The number of amides is 2. The Morgan fingerprint density at radius 1 is 0.962 bits per heavy atom. The van der Waals surface area contributed by atoms with E-state index in [4.69, 9.17) is 9.47 Å². The Labute approximate surface area is 312 Å². The molecular formula is C40H60N2O9S. The average Bonchev–Trinajstić information content (AvgIpc) is 3.41.